The van der Waals surface area contributed by atoms with E-state index in [9.17, 15) is 19.5 Å². The molecule has 0 bridgehead atoms. The fraction of sp³-hybridized carbons (Fsp3) is 0.471. The van der Waals surface area contributed by atoms with E-state index >= 15 is 0 Å². The third-order valence-corrected chi connectivity index (χ3v) is 5.22. The van der Waals surface area contributed by atoms with Crippen molar-refractivity contribution >= 4 is 29.4 Å². The van der Waals surface area contributed by atoms with E-state index < -0.39 is 34.7 Å². The van der Waals surface area contributed by atoms with Crippen LogP contribution in [0.2, 0.25) is 0 Å². The van der Waals surface area contributed by atoms with Crippen LogP contribution in [0.5, 0.6) is 0 Å². The Bertz CT molecular complexity index is 651. The number of ketones is 1. The molecule has 1 saturated heterocycles. The lowest BCUT2D eigenvalue weighted by molar-refractivity contribution is -0.149. The Hall–Kier alpha value is -1.94. The predicted octanol–water partition coefficient (Wildman–Crippen LogP) is -1.14. The Morgan fingerprint density at radius 3 is 2.62 bits per heavy atom. The van der Waals surface area contributed by atoms with Gasteiger partial charge in [-0.1, -0.05) is 30.3 Å². The molecule has 0 saturated carbocycles. The normalized spacial score (nSPS) is 20.2. The second-order valence-electron chi connectivity index (χ2n) is 6.18. The maximum absolute atomic E-state index is 12.8. The number of benzene rings is 1. The summed E-state index contributed by atoms with van der Waals surface area (Å²) in [5.74, 6) is -1.33. The third kappa shape index (κ3) is 5.53. The SMILES string of the molecule is NC(=O)C[C@H](N)C(=O)NC(O)(CCc1ccccc1)C(=O)C1NCCS1. The van der Waals surface area contributed by atoms with Gasteiger partial charge in [-0.2, -0.15) is 0 Å². The Labute approximate surface area is 156 Å². The maximum atomic E-state index is 12.8. The first-order chi connectivity index (χ1) is 12.3. The average molecular weight is 380 g/mol. The fourth-order valence-electron chi connectivity index (χ4n) is 2.63. The van der Waals surface area contributed by atoms with E-state index in [1.165, 1.54) is 11.8 Å². The third-order valence-electron chi connectivity index (χ3n) is 4.07. The summed E-state index contributed by atoms with van der Waals surface area (Å²) in [6, 6.07) is 8.08. The van der Waals surface area contributed by atoms with Crippen molar-refractivity contribution in [3.8, 4) is 0 Å². The van der Waals surface area contributed by atoms with Crippen LogP contribution in [-0.4, -0.2) is 52.1 Å². The van der Waals surface area contributed by atoms with E-state index in [1.54, 1.807) is 0 Å². The summed E-state index contributed by atoms with van der Waals surface area (Å²) in [4.78, 5) is 36.0. The molecule has 1 aromatic rings. The number of Topliss-reactive ketones (excluding diaryl/α,β-unsaturated/α-hetero) is 1. The zero-order valence-electron chi connectivity index (χ0n) is 14.3. The van der Waals surface area contributed by atoms with Gasteiger partial charge in [-0.05, 0) is 12.0 Å². The Kier molecular flexibility index (Phi) is 7.15. The lowest BCUT2D eigenvalue weighted by Gasteiger charge is -2.31. The van der Waals surface area contributed by atoms with E-state index in [-0.39, 0.29) is 12.8 Å². The van der Waals surface area contributed by atoms with Gasteiger partial charge < -0.3 is 21.9 Å². The fourth-order valence-corrected chi connectivity index (χ4v) is 3.69. The highest BCUT2D eigenvalue weighted by Crippen LogP contribution is 2.23. The quantitative estimate of drug-likeness (QED) is 0.340. The van der Waals surface area contributed by atoms with Crippen LogP contribution in [0.15, 0.2) is 30.3 Å². The molecule has 1 heterocycles. The van der Waals surface area contributed by atoms with Crippen LogP contribution in [0.25, 0.3) is 0 Å². The largest absolute Gasteiger partial charge is 0.370 e. The highest BCUT2D eigenvalue weighted by atomic mass is 32.2. The molecular weight excluding hydrogens is 356 g/mol. The number of aliphatic hydroxyl groups is 1. The van der Waals surface area contributed by atoms with E-state index in [0.29, 0.717) is 13.0 Å². The molecule has 26 heavy (non-hydrogen) atoms. The van der Waals surface area contributed by atoms with Gasteiger partial charge in [-0.3, -0.25) is 19.7 Å². The van der Waals surface area contributed by atoms with Crippen molar-refractivity contribution in [2.45, 2.75) is 36.4 Å². The summed E-state index contributed by atoms with van der Waals surface area (Å²) in [5.41, 5.74) is 9.51. The number of carbonyl (C=O) groups excluding carboxylic acids is 3. The molecule has 7 N–H and O–H groups in total. The number of aryl methyl sites for hydroxylation is 1. The molecule has 1 aliphatic rings. The minimum Gasteiger partial charge on any atom is -0.370 e. The van der Waals surface area contributed by atoms with Gasteiger partial charge in [-0.25, -0.2) is 0 Å². The van der Waals surface area contributed by atoms with Crippen molar-refractivity contribution in [1.82, 2.24) is 10.6 Å². The van der Waals surface area contributed by atoms with Crippen molar-refractivity contribution in [3.63, 3.8) is 0 Å². The molecule has 0 spiro atoms. The molecule has 1 aromatic carbocycles. The number of rotatable bonds is 9. The van der Waals surface area contributed by atoms with Crippen molar-refractivity contribution < 1.29 is 19.5 Å². The first-order valence-corrected chi connectivity index (χ1v) is 9.38. The number of amides is 2. The van der Waals surface area contributed by atoms with E-state index in [0.717, 1.165) is 11.3 Å². The molecule has 8 nitrogen and oxygen atoms in total. The minimum absolute atomic E-state index is 0.0103. The van der Waals surface area contributed by atoms with Crippen LogP contribution in [0.4, 0.5) is 0 Å². The summed E-state index contributed by atoms with van der Waals surface area (Å²) in [6.07, 6.45) is 0.000635. The number of hydrogen-bond acceptors (Lipinski definition) is 7. The molecule has 1 aliphatic heterocycles. The number of carbonyl (C=O) groups is 3. The molecule has 142 valence electrons. The average Bonchev–Trinajstić information content (AvgIpc) is 3.14. The molecule has 0 aliphatic carbocycles. The van der Waals surface area contributed by atoms with Crippen molar-refractivity contribution in [2.75, 3.05) is 12.3 Å². The Morgan fingerprint density at radius 2 is 2.04 bits per heavy atom. The maximum Gasteiger partial charge on any atom is 0.239 e. The van der Waals surface area contributed by atoms with Crippen molar-refractivity contribution in [3.05, 3.63) is 35.9 Å². The van der Waals surface area contributed by atoms with Gasteiger partial charge in [-0.15, -0.1) is 11.8 Å². The number of hydrogen-bond donors (Lipinski definition) is 5. The van der Waals surface area contributed by atoms with Gasteiger partial charge >= 0.3 is 0 Å². The van der Waals surface area contributed by atoms with Crippen molar-refractivity contribution in [2.24, 2.45) is 11.5 Å². The van der Waals surface area contributed by atoms with Gasteiger partial charge in [0.25, 0.3) is 0 Å². The van der Waals surface area contributed by atoms with Crippen LogP contribution in [0, 0.1) is 0 Å². The lowest BCUT2D eigenvalue weighted by atomic mass is 9.97. The van der Waals surface area contributed by atoms with Gasteiger partial charge in [0.05, 0.1) is 12.5 Å². The summed E-state index contributed by atoms with van der Waals surface area (Å²) < 4.78 is 0. The number of thioether (sulfide) groups is 1. The Balaban J connectivity index is 2.12. The molecule has 0 radical (unpaired) electrons. The first-order valence-electron chi connectivity index (χ1n) is 8.33. The molecule has 3 atom stereocenters. The van der Waals surface area contributed by atoms with Gasteiger partial charge in [0.1, 0.15) is 5.37 Å². The minimum atomic E-state index is -2.09. The summed E-state index contributed by atoms with van der Waals surface area (Å²) >= 11 is 1.37. The summed E-state index contributed by atoms with van der Waals surface area (Å²) in [5, 5.41) is 15.7. The monoisotopic (exact) mass is 380 g/mol. The summed E-state index contributed by atoms with van der Waals surface area (Å²) in [6.45, 7) is 0.644. The topological polar surface area (TPSA) is 148 Å². The number of nitrogens with one attached hydrogen (secondary N) is 2. The van der Waals surface area contributed by atoms with Crippen LogP contribution in [-0.2, 0) is 20.8 Å². The van der Waals surface area contributed by atoms with Gasteiger partial charge in [0.2, 0.25) is 23.3 Å². The highest BCUT2D eigenvalue weighted by molar-refractivity contribution is 8.00. The zero-order chi connectivity index (χ0) is 19.2. The van der Waals surface area contributed by atoms with Crippen LogP contribution in [0.3, 0.4) is 0 Å². The van der Waals surface area contributed by atoms with Crippen molar-refractivity contribution in [1.29, 1.82) is 0 Å². The zero-order valence-corrected chi connectivity index (χ0v) is 15.1. The van der Waals surface area contributed by atoms with E-state index in [4.69, 9.17) is 11.5 Å². The number of nitrogens with two attached hydrogens (primary N) is 2. The van der Waals surface area contributed by atoms with Gasteiger partial charge in [0.15, 0.2) is 0 Å². The Morgan fingerprint density at radius 1 is 1.35 bits per heavy atom. The second-order valence-corrected chi connectivity index (χ2v) is 7.39. The molecule has 1 fully saturated rings. The molecular formula is C17H24N4O4S. The van der Waals surface area contributed by atoms with E-state index in [2.05, 4.69) is 10.6 Å². The molecule has 0 aromatic heterocycles. The number of primary amides is 1. The molecule has 9 heteroatoms. The highest BCUT2D eigenvalue weighted by Gasteiger charge is 2.43. The lowest BCUT2D eigenvalue weighted by Crippen LogP contribution is -2.62. The first kappa shape index (κ1) is 20.4. The van der Waals surface area contributed by atoms with E-state index in [1.807, 2.05) is 30.3 Å². The molecule has 2 unspecified atom stereocenters. The smallest absolute Gasteiger partial charge is 0.239 e. The van der Waals surface area contributed by atoms with Crippen LogP contribution >= 0.6 is 11.8 Å². The van der Waals surface area contributed by atoms with Gasteiger partial charge in [0, 0.05) is 18.7 Å². The molecule has 2 rings (SSSR count). The molecule has 2 amide bonds. The standard InChI is InChI=1S/C17H24N4O4S/c18-12(10-13(19)22)15(24)21-17(25,14(23)16-20-8-9-26-16)7-6-11-4-2-1-3-5-11/h1-5,12,16,20,25H,6-10,18H2,(H2,19,22)(H,21,24)/t12-,16?,17?/m0/s1. The van der Waals surface area contributed by atoms with Crippen LogP contribution in [0.1, 0.15) is 18.4 Å². The predicted molar refractivity (Wildman–Crippen MR) is 98.9 cm³/mol. The second kappa shape index (κ2) is 9.13. The van der Waals surface area contributed by atoms with Crippen LogP contribution < -0.4 is 22.1 Å². The summed E-state index contributed by atoms with van der Waals surface area (Å²) in [7, 11) is 0.